The Labute approximate surface area is 121 Å². The molecule has 0 aromatic carbocycles. The zero-order chi connectivity index (χ0) is 15.0. The third-order valence-electron chi connectivity index (χ3n) is 2.94. The second-order valence-corrected chi connectivity index (χ2v) is 5.09. The van der Waals surface area contributed by atoms with Crippen LogP contribution in [0, 0.1) is 5.92 Å². The number of nitrogens with zero attached hydrogens (tertiary/aromatic N) is 2. The summed E-state index contributed by atoms with van der Waals surface area (Å²) in [5.74, 6) is 2.42. The molecule has 20 heavy (non-hydrogen) atoms. The van der Waals surface area contributed by atoms with Crippen molar-refractivity contribution in [2.75, 3.05) is 30.9 Å². The first-order valence-electron chi connectivity index (χ1n) is 7.08. The molecule has 1 rings (SSSR count). The molecular weight excluding hydrogens is 256 g/mol. The molecule has 0 amide bonds. The largest absolute Gasteiger partial charge is 0.394 e. The smallest absolute Gasteiger partial charge is 0.158 e. The molecule has 0 aliphatic rings. The van der Waals surface area contributed by atoms with Crippen LogP contribution >= 0.6 is 0 Å². The standard InChI is InChI=1S/C14H26N4O2/c1-5-6-15-12-7-13(16-11(8-19)10(2)3)18-14(17-12)9-20-4/h7,10-11,19H,5-6,8-9H2,1-4H3,(H2,15,16,17,18)/t11-/m1/s1. The van der Waals surface area contributed by atoms with Crippen molar-refractivity contribution in [3.8, 4) is 0 Å². The van der Waals surface area contributed by atoms with E-state index in [1.54, 1.807) is 7.11 Å². The molecule has 0 saturated heterocycles. The molecular formula is C14H26N4O2. The Morgan fingerprint density at radius 1 is 1.30 bits per heavy atom. The van der Waals surface area contributed by atoms with Crippen molar-refractivity contribution in [1.82, 2.24) is 9.97 Å². The lowest BCUT2D eigenvalue weighted by Gasteiger charge is -2.21. The zero-order valence-corrected chi connectivity index (χ0v) is 12.8. The summed E-state index contributed by atoms with van der Waals surface area (Å²) in [5, 5.41) is 15.9. The van der Waals surface area contributed by atoms with Gasteiger partial charge in [0.1, 0.15) is 18.2 Å². The Balaban J connectivity index is 2.89. The van der Waals surface area contributed by atoms with Gasteiger partial charge in [0.25, 0.3) is 0 Å². The summed E-state index contributed by atoms with van der Waals surface area (Å²) in [7, 11) is 1.62. The molecule has 6 nitrogen and oxygen atoms in total. The van der Waals surface area contributed by atoms with Crippen molar-refractivity contribution < 1.29 is 9.84 Å². The average Bonchev–Trinajstić information content (AvgIpc) is 2.42. The van der Waals surface area contributed by atoms with Crippen LogP contribution in [0.2, 0.25) is 0 Å². The number of ether oxygens (including phenoxy) is 1. The molecule has 1 aromatic heterocycles. The summed E-state index contributed by atoms with van der Waals surface area (Å²) in [6, 6.07) is 1.83. The number of methoxy groups -OCH3 is 1. The summed E-state index contributed by atoms with van der Waals surface area (Å²) >= 11 is 0. The predicted molar refractivity (Wildman–Crippen MR) is 80.9 cm³/mol. The first-order chi connectivity index (χ1) is 9.60. The molecule has 0 radical (unpaired) electrons. The number of hydrogen-bond acceptors (Lipinski definition) is 6. The van der Waals surface area contributed by atoms with Gasteiger partial charge in [-0.2, -0.15) is 0 Å². The van der Waals surface area contributed by atoms with E-state index >= 15 is 0 Å². The van der Waals surface area contributed by atoms with Gasteiger partial charge in [0, 0.05) is 19.7 Å². The Morgan fingerprint density at radius 3 is 2.55 bits per heavy atom. The number of rotatable bonds is 9. The molecule has 0 spiro atoms. The fourth-order valence-corrected chi connectivity index (χ4v) is 1.72. The van der Waals surface area contributed by atoms with E-state index < -0.39 is 0 Å². The molecule has 6 heteroatoms. The van der Waals surface area contributed by atoms with Gasteiger partial charge in [-0.05, 0) is 12.3 Å². The lowest BCUT2D eigenvalue weighted by molar-refractivity contribution is 0.178. The predicted octanol–water partition coefficient (Wildman–Crippen LogP) is 1.87. The third-order valence-corrected chi connectivity index (χ3v) is 2.94. The molecule has 1 aromatic rings. The summed E-state index contributed by atoms with van der Waals surface area (Å²) in [5.41, 5.74) is 0. The Kier molecular flexibility index (Phi) is 7.25. The molecule has 0 unspecified atom stereocenters. The Hall–Kier alpha value is -1.40. The van der Waals surface area contributed by atoms with Gasteiger partial charge in [0.05, 0.1) is 12.6 Å². The van der Waals surface area contributed by atoms with Gasteiger partial charge in [-0.3, -0.25) is 0 Å². The summed E-state index contributed by atoms with van der Waals surface area (Å²) in [4.78, 5) is 8.79. The summed E-state index contributed by atoms with van der Waals surface area (Å²) < 4.78 is 5.09. The molecule has 0 aliphatic heterocycles. The maximum Gasteiger partial charge on any atom is 0.158 e. The van der Waals surface area contributed by atoms with Gasteiger partial charge in [0.15, 0.2) is 5.82 Å². The fraction of sp³-hybridized carbons (Fsp3) is 0.714. The van der Waals surface area contributed by atoms with E-state index in [9.17, 15) is 5.11 Å². The van der Waals surface area contributed by atoms with E-state index in [1.165, 1.54) is 0 Å². The van der Waals surface area contributed by atoms with Gasteiger partial charge >= 0.3 is 0 Å². The minimum absolute atomic E-state index is 0.0284. The summed E-state index contributed by atoms with van der Waals surface area (Å²) in [6.07, 6.45) is 1.03. The Bertz CT molecular complexity index is 399. The molecule has 0 bridgehead atoms. The molecule has 3 N–H and O–H groups in total. The molecule has 0 fully saturated rings. The highest BCUT2D eigenvalue weighted by Crippen LogP contribution is 2.15. The number of anilines is 2. The summed E-state index contributed by atoms with van der Waals surface area (Å²) in [6.45, 7) is 7.50. The topological polar surface area (TPSA) is 79.3 Å². The van der Waals surface area contributed by atoms with Gasteiger partial charge in [-0.25, -0.2) is 9.97 Å². The quantitative estimate of drug-likeness (QED) is 0.642. The third kappa shape index (κ3) is 5.30. The number of nitrogens with one attached hydrogen (secondary N) is 2. The van der Waals surface area contributed by atoms with Crippen molar-refractivity contribution in [3.63, 3.8) is 0 Å². The van der Waals surface area contributed by atoms with Crippen molar-refractivity contribution in [3.05, 3.63) is 11.9 Å². The van der Waals surface area contributed by atoms with Gasteiger partial charge in [0.2, 0.25) is 0 Å². The molecule has 0 saturated carbocycles. The van der Waals surface area contributed by atoms with Crippen LogP contribution in [-0.4, -0.2) is 41.4 Å². The van der Waals surface area contributed by atoms with Gasteiger partial charge in [-0.1, -0.05) is 20.8 Å². The lowest BCUT2D eigenvalue weighted by atomic mass is 10.1. The van der Waals surface area contributed by atoms with Crippen LogP contribution in [0.15, 0.2) is 6.07 Å². The number of aliphatic hydroxyl groups excluding tert-OH is 1. The van der Waals surface area contributed by atoms with E-state index in [-0.39, 0.29) is 12.6 Å². The second-order valence-electron chi connectivity index (χ2n) is 5.09. The van der Waals surface area contributed by atoms with E-state index in [1.807, 2.05) is 6.07 Å². The van der Waals surface area contributed by atoms with Crippen LogP contribution in [0.3, 0.4) is 0 Å². The van der Waals surface area contributed by atoms with Crippen molar-refractivity contribution in [2.24, 2.45) is 5.92 Å². The van der Waals surface area contributed by atoms with Crippen LogP contribution in [0.4, 0.5) is 11.6 Å². The van der Waals surface area contributed by atoms with Crippen LogP contribution in [0.25, 0.3) is 0 Å². The maximum absolute atomic E-state index is 9.39. The van der Waals surface area contributed by atoms with Crippen molar-refractivity contribution in [2.45, 2.75) is 39.8 Å². The van der Waals surface area contributed by atoms with Gasteiger partial charge in [-0.15, -0.1) is 0 Å². The van der Waals surface area contributed by atoms with Crippen LogP contribution in [0.5, 0.6) is 0 Å². The molecule has 0 aliphatic carbocycles. The van der Waals surface area contributed by atoms with Crippen LogP contribution in [0.1, 0.15) is 33.0 Å². The average molecular weight is 282 g/mol. The van der Waals surface area contributed by atoms with Crippen LogP contribution in [-0.2, 0) is 11.3 Å². The Morgan fingerprint density at radius 2 is 2.00 bits per heavy atom. The van der Waals surface area contributed by atoms with E-state index in [4.69, 9.17) is 4.74 Å². The minimum atomic E-state index is -0.0284. The monoisotopic (exact) mass is 282 g/mol. The number of hydrogen-bond donors (Lipinski definition) is 3. The highest BCUT2D eigenvalue weighted by molar-refractivity contribution is 5.48. The number of aromatic nitrogens is 2. The highest BCUT2D eigenvalue weighted by atomic mass is 16.5. The van der Waals surface area contributed by atoms with Crippen molar-refractivity contribution >= 4 is 11.6 Å². The molecule has 1 heterocycles. The first-order valence-corrected chi connectivity index (χ1v) is 7.08. The van der Waals surface area contributed by atoms with Crippen LogP contribution < -0.4 is 10.6 Å². The second kappa shape index (κ2) is 8.71. The van der Waals surface area contributed by atoms with E-state index in [0.29, 0.717) is 24.2 Å². The van der Waals surface area contributed by atoms with E-state index in [0.717, 1.165) is 18.8 Å². The highest BCUT2D eigenvalue weighted by Gasteiger charge is 2.13. The minimum Gasteiger partial charge on any atom is -0.394 e. The number of aliphatic hydroxyl groups is 1. The molecule has 1 atom stereocenters. The zero-order valence-electron chi connectivity index (χ0n) is 12.8. The van der Waals surface area contributed by atoms with Gasteiger partial charge < -0.3 is 20.5 Å². The first kappa shape index (κ1) is 16.7. The van der Waals surface area contributed by atoms with E-state index in [2.05, 4.69) is 41.4 Å². The maximum atomic E-state index is 9.39. The normalized spacial score (nSPS) is 12.5. The van der Waals surface area contributed by atoms with Crippen molar-refractivity contribution in [1.29, 1.82) is 0 Å². The lowest BCUT2D eigenvalue weighted by Crippen LogP contribution is -2.30. The SMILES string of the molecule is CCCNc1cc(N[C@H](CO)C(C)C)nc(COC)n1. The fourth-order valence-electron chi connectivity index (χ4n) is 1.72. The molecule has 114 valence electrons.